The summed E-state index contributed by atoms with van der Waals surface area (Å²) in [5.41, 5.74) is 0. The Bertz CT molecular complexity index is 6.85. The maximum atomic E-state index is 0. The monoisotopic (exact) mass is 353 g/mol. The maximum Gasteiger partial charge on any atom is 0 e. The third kappa shape index (κ3) is 32.1. The molecule has 0 heterocycles. The van der Waals surface area contributed by atoms with Gasteiger partial charge in [-0.1, -0.05) is 0 Å². The largest absolute Gasteiger partial charge is 2.00 e. The predicted octanol–water partition coefficient (Wildman–Crippen LogP) is -0.740. The number of hydrogen-bond acceptors (Lipinski definition) is 0. The minimum Gasteiger partial charge on any atom is -2.00 e. The molecule has 0 N–H and O–H groups in total. The van der Waals surface area contributed by atoms with Crippen LogP contribution >= 0.6 is 0 Å². The molecule has 3 radical (unpaired) electrons. The van der Waals surface area contributed by atoms with E-state index in [0.717, 1.165) is 0 Å². The average molecular weight is 354 g/mol. The molecule has 0 rings (SSSR count). The van der Waals surface area contributed by atoms with E-state index in [0.29, 0.717) is 0 Å². The van der Waals surface area contributed by atoms with E-state index in [1.54, 1.807) is 0 Å². The molecule has 0 saturated carbocycles. The van der Waals surface area contributed by atoms with Gasteiger partial charge in [-0.3, -0.25) is 0 Å². The van der Waals surface area contributed by atoms with Crippen molar-refractivity contribution in [2.24, 2.45) is 0 Å². The summed E-state index contributed by atoms with van der Waals surface area (Å²) in [5.74, 6) is 0. The van der Waals surface area contributed by atoms with Crippen molar-refractivity contribution in [2.75, 3.05) is 0 Å². The van der Waals surface area contributed by atoms with Gasteiger partial charge in [0, 0.05) is 45.5 Å². The van der Waals surface area contributed by atoms with Gasteiger partial charge in [0.05, 0.1) is 0 Å². The molecule has 0 aliphatic rings. The summed E-state index contributed by atoms with van der Waals surface area (Å²) in [7, 11) is 0. The van der Waals surface area contributed by atoms with E-state index in [4.69, 9.17) is 0 Å². The van der Waals surface area contributed by atoms with E-state index >= 15 is 0 Å². The quantitative estimate of drug-likeness (QED) is 0.514. The fourth-order valence-corrected chi connectivity index (χ4v) is 0. The van der Waals surface area contributed by atoms with Crippen LogP contribution in [0.3, 0.4) is 0 Å². The Morgan fingerprint density at radius 1 is 0.600 bits per heavy atom. The van der Waals surface area contributed by atoms with Crippen molar-refractivity contribution in [1.82, 2.24) is 0 Å². The first-order valence-electron chi connectivity index (χ1n) is 0. The first kappa shape index (κ1) is 96.4. The molecular weight excluding hydrogens is 354 g/mol. The zero-order chi connectivity index (χ0) is 0. The second kappa shape index (κ2) is 53.9. The molecule has 0 bridgehead atoms. The van der Waals surface area contributed by atoms with Gasteiger partial charge in [-0.05, 0) is 0 Å². The van der Waals surface area contributed by atoms with E-state index in [2.05, 4.69) is 0 Å². The summed E-state index contributed by atoms with van der Waals surface area (Å²) >= 11 is 0. The van der Waals surface area contributed by atoms with Gasteiger partial charge < -0.3 is 16.4 Å². The molecule has 0 aliphatic carbocycles. The maximum absolute atomic E-state index is 0. The standard InChI is InChI=1S/3O.Sb.W/q3*-2;;. The summed E-state index contributed by atoms with van der Waals surface area (Å²) in [4.78, 5) is 0. The average Bonchev–Trinajstić information content (AvgIpc) is 0. The summed E-state index contributed by atoms with van der Waals surface area (Å²) in [6, 6.07) is 0. The van der Waals surface area contributed by atoms with Crippen LogP contribution in [0.25, 0.3) is 0 Å². The molecule has 5 heteroatoms. The molecular formula is O3SbW-6. The van der Waals surface area contributed by atoms with Crippen LogP contribution in [0, 0.1) is 0 Å². The van der Waals surface area contributed by atoms with Crippen LogP contribution < -0.4 is 0 Å². The molecule has 3 nitrogen and oxygen atoms in total. The molecule has 0 aromatic rings. The fourth-order valence-electron chi connectivity index (χ4n) is 0. The molecule has 0 spiro atoms. The first-order chi connectivity index (χ1) is 0. The Balaban J connectivity index is 0. The molecule has 0 fully saturated rings. The Morgan fingerprint density at radius 2 is 0.600 bits per heavy atom. The van der Waals surface area contributed by atoms with Crippen molar-refractivity contribution >= 4 is 24.4 Å². The SMILES string of the molecule is [O-2].[O-2].[O-2].[Sb].[W]. The van der Waals surface area contributed by atoms with Gasteiger partial charge in [-0.2, -0.15) is 0 Å². The van der Waals surface area contributed by atoms with Crippen LogP contribution in [0.4, 0.5) is 0 Å². The summed E-state index contributed by atoms with van der Waals surface area (Å²) in [6.07, 6.45) is 0. The molecule has 0 amide bonds. The van der Waals surface area contributed by atoms with E-state index in [-0.39, 0.29) is 61.9 Å². The smallest absolute Gasteiger partial charge is 0 e. The van der Waals surface area contributed by atoms with Gasteiger partial charge in [-0.25, -0.2) is 0 Å². The van der Waals surface area contributed by atoms with Crippen molar-refractivity contribution in [3.8, 4) is 0 Å². The molecule has 0 atom stereocenters. The molecule has 0 aliphatic heterocycles. The summed E-state index contributed by atoms with van der Waals surface area (Å²) < 4.78 is 0. The number of rotatable bonds is 0. The minimum atomic E-state index is 0. The van der Waals surface area contributed by atoms with Crippen molar-refractivity contribution in [3.63, 3.8) is 0 Å². The Morgan fingerprint density at radius 3 is 0.600 bits per heavy atom. The van der Waals surface area contributed by atoms with E-state index in [1.807, 2.05) is 0 Å². The Labute approximate surface area is 61.8 Å². The normalized spacial score (nSPS) is 0. The summed E-state index contributed by atoms with van der Waals surface area (Å²) in [6.45, 7) is 0. The third-order valence-electron chi connectivity index (χ3n) is 0. The molecule has 0 aromatic heterocycles. The van der Waals surface area contributed by atoms with Gasteiger partial charge in [0.1, 0.15) is 0 Å². The molecule has 0 unspecified atom stereocenters. The zero-order valence-electron chi connectivity index (χ0n) is 2.08. The second-order valence-electron chi connectivity index (χ2n) is 0. The van der Waals surface area contributed by atoms with Gasteiger partial charge in [0.25, 0.3) is 0 Å². The predicted molar refractivity (Wildman–Crippen MR) is 7.81 cm³/mol. The van der Waals surface area contributed by atoms with Crippen LogP contribution in [0.2, 0.25) is 0 Å². The Kier molecular flexibility index (Phi) is 1040. The van der Waals surface area contributed by atoms with Gasteiger partial charge in [-0.15, -0.1) is 0 Å². The molecule has 0 saturated heterocycles. The minimum absolute atomic E-state index is 0. The topological polar surface area (TPSA) is 85.5 Å². The fraction of sp³-hybridized carbons (Fsp3) is 0. The van der Waals surface area contributed by atoms with Crippen LogP contribution in [0.15, 0.2) is 0 Å². The number of hydrogen-bond donors (Lipinski definition) is 0. The molecule has 35 valence electrons. The van der Waals surface area contributed by atoms with E-state index in [9.17, 15) is 0 Å². The van der Waals surface area contributed by atoms with Crippen LogP contribution in [-0.4, -0.2) is 24.4 Å². The first-order valence-corrected chi connectivity index (χ1v) is 0. The van der Waals surface area contributed by atoms with Crippen molar-refractivity contribution in [3.05, 3.63) is 0 Å². The molecule has 5 heavy (non-hydrogen) atoms. The Hall–Kier alpha value is 1.39. The van der Waals surface area contributed by atoms with Gasteiger partial charge in [0.2, 0.25) is 0 Å². The van der Waals surface area contributed by atoms with Crippen molar-refractivity contribution in [2.45, 2.75) is 0 Å². The summed E-state index contributed by atoms with van der Waals surface area (Å²) in [5, 5.41) is 0. The third-order valence-corrected chi connectivity index (χ3v) is 0. The van der Waals surface area contributed by atoms with Crippen LogP contribution in [-0.2, 0) is 37.5 Å². The van der Waals surface area contributed by atoms with Gasteiger partial charge in [0.15, 0.2) is 0 Å². The van der Waals surface area contributed by atoms with Crippen molar-refractivity contribution < 1.29 is 37.5 Å². The van der Waals surface area contributed by atoms with Crippen LogP contribution in [0.1, 0.15) is 0 Å². The second-order valence-corrected chi connectivity index (χ2v) is 0. The van der Waals surface area contributed by atoms with E-state index in [1.165, 1.54) is 0 Å². The van der Waals surface area contributed by atoms with Crippen LogP contribution in [0.5, 0.6) is 0 Å². The van der Waals surface area contributed by atoms with Gasteiger partial charge >= 0.3 is 0 Å². The van der Waals surface area contributed by atoms with Crippen molar-refractivity contribution in [1.29, 1.82) is 0 Å². The van der Waals surface area contributed by atoms with E-state index < -0.39 is 0 Å². The zero-order valence-corrected chi connectivity index (χ0v) is 7.57. The molecule has 0 aromatic carbocycles.